The van der Waals surface area contributed by atoms with Gasteiger partial charge in [-0.25, -0.2) is 0 Å². The minimum absolute atomic E-state index is 0.112. The lowest BCUT2D eigenvalue weighted by molar-refractivity contribution is 0.212. The maximum Gasteiger partial charge on any atom is 0.123 e. The number of hydrogen-bond donors (Lipinski definition) is 2. The van der Waals surface area contributed by atoms with Crippen LogP contribution < -0.4 is 16.0 Å². The number of methoxy groups -OCH3 is 1. The van der Waals surface area contributed by atoms with Gasteiger partial charge in [0.2, 0.25) is 0 Å². The van der Waals surface area contributed by atoms with Gasteiger partial charge in [0.15, 0.2) is 0 Å². The van der Waals surface area contributed by atoms with Crippen molar-refractivity contribution in [1.29, 1.82) is 0 Å². The highest BCUT2D eigenvalue weighted by Crippen LogP contribution is 2.41. The van der Waals surface area contributed by atoms with Crippen LogP contribution in [0.1, 0.15) is 57.1 Å². The lowest BCUT2D eigenvalue weighted by Gasteiger charge is -2.34. The Morgan fingerprint density at radius 1 is 1.33 bits per heavy atom. The molecule has 118 valence electrons. The van der Waals surface area contributed by atoms with E-state index >= 15 is 0 Å². The van der Waals surface area contributed by atoms with Gasteiger partial charge in [-0.2, -0.15) is 0 Å². The van der Waals surface area contributed by atoms with E-state index in [1.165, 1.54) is 38.5 Å². The number of hydrazine groups is 1. The SMILES string of the molecule is CCCC1CCC(C(NN)c2cc(Cl)ccc2OC)CC1. The van der Waals surface area contributed by atoms with Crippen molar-refractivity contribution >= 4 is 11.6 Å². The Labute approximate surface area is 133 Å². The summed E-state index contributed by atoms with van der Waals surface area (Å²) in [5, 5.41) is 0.728. The number of rotatable bonds is 6. The topological polar surface area (TPSA) is 47.3 Å². The van der Waals surface area contributed by atoms with Crippen LogP contribution in [0.4, 0.5) is 0 Å². The predicted molar refractivity (Wildman–Crippen MR) is 88.4 cm³/mol. The highest BCUT2D eigenvalue weighted by molar-refractivity contribution is 6.30. The molecule has 1 atom stereocenters. The largest absolute Gasteiger partial charge is 0.496 e. The fourth-order valence-corrected chi connectivity index (χ4v) is 3.83. The molecule has 3 N–H and O–H groups in total. The third-order valence-electron chi connectivity index (χ3n) is 4.77. The van der Waals surface area contributed by atoms with Crippen molar-refractivity contribution in [1.82, 2.24) is 5.43 Å². The van der Waals surface area contributed by atoms with Gasteiger partial charge in [-0.3, -0.25) is 11.3 Å². The standard InChI is InChI=1S/C17H27ClN2O/c1-3-4-12-5-7-13(8-6-12)17(20-19)15-11-14(18)9-10-16(15)21-2/h9-13,17,20H,3-8,19H2,1-2H3. The molecule has 0 bridgehead atoms. The molecule has 1 aliphatic carbocycles. The molecule has 0 saturated heterocycles. The molecule has 2 rings (SSSR count). The summed E-state index contributed by atoms with van der Waals surface area (Å²) >= 11 is 6.15. The van der Waals surface area contributed by atoms with E-state index in [0.29, 0.717) is 5.92 Å². The second-order valence-corrected chi connectivity index (χ2v) is 6.54. The molecule has 1 unspecified atom stereocenters. The Morgan fingerprint density at radius 2 is 2.05 bits per heavy atom. The number of ether oxygens (including phenoxy) is 1. The molecular weight excluding hydrogens is 284 g/mol. The van der Waals surface area contributed by atoms with E-state index in [4.69, 9.17) is 22.2 Å². The molecule has 21 heavy (non-hydrogen) atoms. The molecule has 0 amide bonds. The highest BCUT2D eigenvalue weighted by Gasteiger charge is 2.29. The quantitative estimate of drug-likeness (QED) is 0.602. The minimum atomic E-state index is 0.112. The van der Waals surface area contributed by atoms with Gasteiger partial charge >= 0.3 is 0 Å². The van der Waals surface area contributed by atoms with E-state index in [1.807, 2.05) is 18.2 Å². The van der Waals surface area contributed by atoms with Crippen molar-refractivity contribution in [2.75, 3.05) is 7.11 Å². The van der Waals surface area contributed by atoms with Crippen LogP contribution in [-0.4, -0.2) is 7.11 Å². The summed E-state index contributed by atoms with van der Waals surface area (Å²) in [6.45, 7) is 2.27. The smallest absolute Gasteiger partial charge is 0.123 e. The van der Waals surface area contributed by atoms with Crippen LogP contribution in [0.15, 0.2) is 18.2 Å². The zero-order valence-electron chi connectivity index (χ0n) is 13.1. The lowest BCUT2D eigenvalue weighted by atomic mass is 9.75. The summed E-state index contributed by atoms with van der Waals surface area (Å²) in [5.41, 5.74) is 4.07. The van der Waals surface area contributed by atoms with Crippen LogP contribution in [0.25, 0.3) is 0 Å². The minimum Gasteiger partial charge on any atom is -0.496 e. The first kappa shape index (κ1) is 16.6. The zero-order valence-corrected chi connectivity index (χ0v) is 13.8. The monoisotopic (exact) mass is 310 g/mol. The van der Waals surface area contributed by atoms with Gasteiger partial charge < -0.3 is 4.74 Å². The molecule has 1 aromatic carbocycles. The van der Waals surface area contributed by atoms with Crippen LogP contribution >= 0.6 is 11.6 Å². The molecule has 0 heterocycles. The Bertz CT molecular complexity index is 444. The molecule has 1 aromatic rings. The molecule has 1 saturated carbocycles. The van der Waals surface area contributed by atoms with E-state index in [0.717, 1.165) is 22.3 Å². The third-order valence-corrected chi connectivity index (χ3v) is 5.00. The molecule has 4 heteroatoms. The van der Waals surface area contributed by atoms with Crippen molar-refractivity contribution in [3.05, 3.63) is 28.8 Å². The van der Waals surface area contributed by atoms with E-state index in [1.54, 1.807) is 7.11 Å². The number of nitrogens with one attached hydrogen (secondary N) is 1. The number of nitrogens with two attached hydrogens (primary N) is 1. The Kier molecular flexibility index (Phi) is 6.34. The average molecular weight is 311 g/mol. The zero-order chi connectivity index (χ0) is 15.2. The van der Waals surface area contributed by atoms with E-state index in [-0.39, 0.29) is 6.04 Å². The molecule has 0 aromatic heterocycles. The number of hydrogen-bond acceptors (Lipinski definition) is 3. The van der Waals surface area contributed by atoms with Crippen LogP contribution in [0.2, 0.25) is 5.02 Å². The molecule has 1 aliphatic rings. The van der Waals surface area contributed by atoms with Gasteiger partial charge in [0.25, 0.3) is 0 Å². The van der Waals surface area contributed by atoms with Crippen molar-refractivity contribution in [2.45, 2.75) is 51.5 Å². The van der Waals surface area contributed by atoms with Crippen LogP contribution in [-0.2, 0) is 0 Å². The highest BCUT2D eigenvalue weighted by atomic mass is 35.5. The van der Waals surface area contributed by atoms with Gasteiger partial charge in [-0.05, 0) is 42.9 Å². The van der Waals surface area contributed by atoms with Crippen LogP contribution in [0.5, 0.6) is 5.75 Å². The van der Waals surface area contributed by atoms with Crippen molar-refractivity contribution < 1.29 is 4.74 Å². The van der Waals surface area contributed by atoms with Crippen LogP contribution in [0, 0.1) is 11.8 Å². The maximum absolute atomic E-state index is 6.15. The molecule has 3 nitrogen and oxygen atoms in total. The van der Waals surface area contributed by atoms with Gasteiger partial charge in [-0.15, -0.1) is 0 Å². The number of benzene rings is 1. The van der Waals surface area contributed by atoms with Gasteiger partial charge in [-0.1, -0.05) is 44.2 Å². The fourth-order valence-electron chi connectivity index (χ4n) is 3.65. The van der Waals surface area contributed by atoms with E-state index in [2.05, 4.69) is 12.3 Å². The third kappa shape index (κ3) is 4.12. The summed E-state index contributed by atoms with van der Waals surface area (Å²) < 4.78 is 5.48. The Morgan fingerprint density at radius 3 is 2.62 bits per heavy atom. The molecule has 1 fully saturated rings. The summed E-state index contributed by atoms with van der Waals surface area (Å²) in [4.78, 5) is 0. The Hall–Kier alpha value is -0.770. The summed E-state index contributed by atoms with van der Waals surface area (Å²) in [7, 11) is 1.69. The van der Waals surface area contributed by atoms with Crippen molar-refractivity contribution in [2.24, 2.45) is 17.7 Å². The molecule has 0 radical (unpaired) electrons. The van der Waals surface area contributed by atoms with E-state index < -0.39 is 0 Å². The average Bonchev–Trinajstić information content (AvgIpc) is 2.50. The molecule has 0 spiro atoms. The van der Waals surface area contributed by atoms with Crippen LogP contribution in [0.3, 0.4) is 0 Å². The second-order valence-electron chi connectivity index (χ2n) is 6.10. The summed E-state index contributed by atoms with van der Waals surface area (Å²) in [6.07, 6.45) is 7.69. The maximum atomic E-state index is 6.15. The first-order valence-electron chi connectivity index (χ1n) is 7.99. The predicted octanol–water partition coefficient (Wildman–Crippen LogP) is 4.46. The molecular formula is C17H27ClN2O. The lowest BCUT2D eigenvalue weighted by Crippen LogP contribution is -2.35. The number of halogens is 1. The molecule has 0 aliphatic heterocycles. The van der Waals surface area contributed by atoms with Gasteiger partial charge in [0.05, 0.1) is 13.2 Å². The first-order valence-corrected chi connectivity index (χ1v) is 8.37. The van der Waals surface area contributed by atoms with E-state index in [9.17, 15) is 0 Å². The normalized spacial score (nSPS) is 23.8. The summed E-state index contributed by atoms with van der Waals surface area (Å²) in [5.74, 6) is 8.16. The second kappa shape index (κ2) is 8.02. The van der Waals surface area contributed by atoms with Crippen molar-refractivity contribution in [3.63, 3.8) is 0 Å². The summed E-state index contributed by atoms with van der Waals surface area (Å²) in [6, 6.07) is 5.87. The first-order chi connectivity index (χ1) is 10.2. The van der Waals surface area contributed by atoms with Gasteiger partial charge in [0, 0.05) is 10.6 Å². The Balaban J connectivity index is 2.12. The van der Waals surface area contributed by atoms with Crippen molar-refractivity contribution in [3.8, 4) is 5.75 Å². The fraction of sp³-hybridized carbons (Fsp3) is 0.647. The van der Waals surface area contributed by atoms with Gasteiger partial charge in [0.1, 0.15) is 5.75 Å².